The first-order chi connectivity index (χ1) is 10.1. The van der Waals surface area contributed by atoms with Gasteiger partial charge in [0.2, 0.25) is 0 Å². The Morgan fingerprint density at radius 3 is 1.86 bits per heavy atom. The Balaban J connectivity index is 2.00. The molecule has 3 nitrogen and oxygen atoms in total. The lowest BCUT2D eigenvalue weighted by atomic mass is 10.1. The zero-order valence-corrected chi connectivity index (χ0v) is 12.4. The van der Waals surface area contributed by atoms with E-state index >= 15 is 0 Å². The van der Waals surface area contributed by atoms with Gasteiger partial charge in [-0.3, -0.25) is 0 Å². The van der Waals surface area contributed by atoms with Gasteiger partial charge < -0.3 is 0 Å². The molecule has 4 heteroatoms. The minimum atomic E-state index is -3.56. The Bertz CT molecular complexity index is 785. The molecule has 0 aliphatic carbocycles. The molecule has 0 fully saturated rings. The van der Waals surface area contributed by atoms with E-state index < -0.39 is 10.0 Å². The molecule has 0 saturated heterocycles. The molecule has 1 heterocycles. The van der Waals surface area contributed by atoms with Gasteiger partial charge in [-0.2, -0.15) is 0 Å². The number of sulfonamides is 1. The molecule has 21 heavy (non-hydrogen) atoms. The van der Waals surface area contributed by atoms with Gasteiger partial charge in [-0.05, 0) is 42.3 Å². The van der Waals surface area contributed by atoms with Crippen LogP contribution >= 0.6 is 0 Å². The summed E-state index contributed by atoms with van der Waals surface area (Å²) in [5.74, 6) is 0. The third-order valence-corrected chi connectivity index (χ3v) is 5.06. The van der Waals surface area contributed by atoms with E-state index in [2.05, 4.69) is 0 Å². The lowest BCUT2D eigenvalue weighted by molar-refractivity contribution is 0.554. The van der Waals surface area contributed by atoms with E-state index in [1.807, 2.05) is 31.2 Å². The van der Waals surface area contributed by atoms with Crippen LogP contribution in [0, 0.1) is 6.92 Å². The Morgan fingerprint density at radius 1 is 0.810 bits per heavy atom. The van der Waals surface area contributed by atoms with Gasteiger partial charge in [-0.25, -0.2) is 12.7 Å². The molecule has 0 amide bonds. The van der Waals surface area contributed by atoms with Gasteiger partial charge in [0.25, 0.3) is 10.0 Å². The Labute approximate surface area is 124 Å². The van der Waals surface area contributed by atoms with Gasteiger partial charge in [0.15, 0.2) is 0 Å². The highest BCUT2D eigenvalue weighted by Crippen LogP contribution is 2.22. The lowest BCUT2D eigenvalue weighted by Crippen LogP contribution is -2.20. The van der Waals surface area contributed by atoms with Crippen molar-refractivity contribution in [2.75, 3.05) is 0 Å². The summed E-state index contributed by atoms with van der Waals surface area (Å²) in [6, 6.07) is 14.6. The number of hydrogen-bond acceptors (Lipinski definition) is 2. The van der Waals surface area contributed by atoms with Crippen molar-refractivity contribution >= 4 is 22.2 Å². The monoisotopic (exact) mass is 297 g/mol. The van der Waals surface area contributed by atoms with Crippen LogP contribution in [-0.2, 0) is 10.0 Å². The van der Waals surface area contributed by atoms with Crippen LogP contribution in [0.3, 0.4) is 0 Å². The molecule has 0 saturated carbocycles. The Hall–Kier alpha value is -2.33. The SMILES string of the molecule is Cc1ccc(S(=O)(=O)N2C=Cc3ccccc3C=C2)cc1. The van der Waals surface area contributed by atoms with Crippen LogP contribution in [0.5, 0.6) is 0 Å². The molecular weight excluding hydrogens is 282 g/mol. The summed E-state index contributed by atoms with van der Waals surface area (Å²) >= 11 is 0. The molecule has 1 aliphatic rings. The van der Waals surface area contributed by atoms with Crippen molar-refractivity contribution < 1.29 is 8.42 Å². The van der Waals surface area contributed by atoms with Gasteiger partial charge in [-0.1, -0.05) is 42.0 Å². The third-order valence-electron chi connectivity index (χ3n) is 3.39. The van der Waals surface area contributed by atoms with Crippen molar-refractivity contribution in [3.8, 4) is 0 Å². The van der Waals surface area contributed by atoms with E-state index in [1.54, 1.807) is 48.8 Å². The standard InChI is InChI=1S/C17H15NO2S/c1-14-6-8-17(9-7-14)21(19,20)18-12-10-15-4-2-3-5-16(15)11-13-18/h2-13H,1H3. The largest absolute Gasteiger partial charge is 0.267 e. The molecule has 0 atom stereocenters. The summed E-state index contributed by atoms with van der Waals surface area (Å²) in [4.78, 5) is 0.286. The van der Waals surface area contributed by atoms with Gasteiger partial charge in [0.05, 0.1) is 4.90 Å². The molecule has 0 radical (unpaired) electrons. The molecule has 0 unspecified atom stereocenters. The molecule has 1 aliphatic heterocycles. The second kappa shape index (κ2) is 5.22. The maximum absolute atomic E-state index is 12.6. The highest BCUT2D eigenvalue weighted by atomic mass is 32.2. The van der Waals surface area contributed by atoms with Gasteiger partial charge in [-0.15, -0.1) is 0 Å². The number of hydrogen-bond donors (Lipinski definition) is 0. The first-order valence-electron chi connectivity index (χ1n) is 6.63. The summed E-state index contributed by atoms with van der Waals surface area (Å²) in [6.07, 6.45) is 6.77. The number of rotatable bonds is 2. The number of aryl methyl sites for hydroxylation is 1. The Morgan fingerprint density at radius 2 is 1.33 bits per heavy atom. The zero-order valence-electron chi connectivity index (χ0n) is 11.6. The predicted octanol–water partition coefficient (Wildman–Crippen LogP) is 3.64. The van der Waals surface area contributed by atoms with Crippen LogP contribution in [0.4, 0.5) is 0 Å². The quantitative estimate of drug-likeness (QED) is 0.848. The molecule has 0 N–H and O–H groups in total. The average Bonchev–Trinajstić information content (AvgIpc) is 2.70. The summed E-state index contributed by atoms with van der Waals surface area (Å²) in [7, 11) is -3.56. The normalized spacial score (nSPS) is 13.9. The van der Waals surface area contributed by atoms with E-state index in [0.717, 1.165) is 16.7 Å². The molecular formula is C17H15NO2S. The van der Waals surface area contributed by atoms with Crippen LogP contribution in [0.25, 0.3) is 12.2 Å². The number of fused-ring (bicyclic) bond motifs is 1. The fourth-order valence-corrected chi connectivity index (χ4v) is 3.33. The summed E-state index contributed by atoms with van der Waals surface area (Å²) < 4.78 is 26.5. The minimum absolute atomic E-state index is 0.286. The highest BCUT2D eigenvalue weighted by Gasteiger charge is 2.20. The lowest BCUT2D eigenvalue weighted by Gasteiger charge is -2.15. The number of nitrogens with zero attached hydrogens (tertiary/aromatic N) is 1. The molecule has 2 aromatic carbocycles. The summed E-state index contributed by atoms with van der Waals surface area (Å²) in [6.45, 7) is 1.93. The average molecular weight is 297 g/mol. The first-order valence-corrected chi connectivity index (χ1v) is 8.07. The Kier molecular flexibility index (Phi) is 3.39. The van der Waals surface area contributed by atoms with Crippen molar-refractivity contribution in [3.63, 3.8) is 0 Å². The fraction of sp³-hybridized carbons (Fsp3) is 0.0588. The third kappa shape index (κ3) is 2.62. The maximum atomic E-state index is 12.6. The van der Waals surface area contributed by atoms with Crippen LogP contribution < -0.4 is 0 Å². The predicted molar refractivity (Wildman–Crippen MR) is 84.7 cm³/mol. The maximum Gasteiger partial charge on any atom is 0.267 e. The molecule has 0 aromatic heterocycles. The smallest absolute Gasteiger partial charge is 0.249 e. The van der Waals surface area contributed by atoms with Gasteiger partial charge in [0.1, 0.15) is 0 Å². The van der Waals surface area contributed by atoms with E-state index in [1.165, 1.54) is 4.31 Å². The first kappa shape index (κ1) is 13.6. The van der Waals surface area contributed by atoms with Crippen molar-refractivity contribution in [1.82, 2.24) is 4.31 Å². The van der Waals surface area contributed by atoms with Gasteiger partial charge >= 0.3 is 0 Å². The van der Waals surface area contributed by atoms with E-state index in [-0.39, 0.29) is 4.90 Å². The van der Waals surface area contributed by atoms with Crippen molar-refractivity contribution in [1.29, 1.82) is 0 Å². The topological polar surface area (TPSA) is 37.4 Å². The molecule has 3 rings (SSSR count). The van der Waals surface area contributed by atoms with E-state index in [9.17, 15) is 8.42 Å². The van der Waals surface area contributed by atoms with Crippen LogP contribution in [0.15, 0.2) is 65.8 Å². The summed E-state index contributed by atoms with van der Waals surface area (Å²) in [5, 5.41) is 0. The second-order valence-electron chi connectivity index (χ2n) is 4.91. The van der Waals surface area contributed by atoms with Crippen molar-refractivity contribution in [2.45, 2.75) is 11.8 Å². The molecule has 2 aromatic rings. The molecule has 0 spiro atoms. The van der Waals surface area contributed by atoms with Crippen LogP contribution in [0.1, 0.15) is 16.7 Å². The molecule has 106 valence electrons. The zero-order chi connectivity index (χ0) is 14.9. The highest BCUT2D eigenvalue weighted by molar-refractivity contribution is 7.89. The summed E-state index contributed by atoms with van der Waals surface area (Å²) in [5.41, 5.74) is 3.02. The molecule has 0 bridgehead atoms. The van der Waals surface area contributed by atoms with Gasteiger partial charge in [0, 0.05) is 12.4 Å². The second-order valence-corrected chi connectivity index (χ2v) is 6.75. The minimum Gasteiger partial charge on any atom is -0.249 e. The van der Waals surface area contributed by atoms with Crippen LogP contribution in [-0.4, -0.2) is 12.7 Å². The number of benzene rings is 2. The van der Waals surface area contributed by atoms with Crippen molar-refractivity contribution in [2.24, 2.45) is 0 Å². The van der Waals surface area contributed by atoms with Crippen molar-refractivity contribution in [3.05, 3.63) is 77.6 Å². The fourth-order valence-electron chi connectivity index (χ4n) is 2.16. The van der Waals surface area contributed by atoms with Crippen LogP contribution in [0.2, 0.25) is 0 Å². The van der Waals surface area contributed by atoms with E-state index in [4.69, 9.17) is 0 Å². The van der Waals surface area contributed by atoms with E-state index in [0.29, 0.717) is 0 Å².